The molecule has 0 radical (unpaired) electrons. The van der Waals surface area contributed by atoms with Gasteiger partial charge in [0.05, 0.1) is 19.8 Å². The van der Waals surface area contributed by atoms with E-state index in [9.17, 15) is 4.79 Å². The zero-order chi connectivity index (χ0) is 17.9. The van der Waals surface area contributed by atoms with Crippen molar-refractivity contribution in [3.63, 3.8) is 0 Å². The first-order valence-corrected chi connectivity index (χ1v) is 9.16. The second kappa shape index (κ2) is 7.37. The number of aryl methyl sites for hydroxylation is 1. The summed E-state index contributed by atoms with van der Waals surface area (Å²) in [5, 5.41) is 6.63. The summed E-state index contributed by atoms with van der Waals surface area (Å²) in [5.74, 6) is 2.73. The summed E-state index contributed by atoms with van der Waals surface area (Å²) >= 11 is 0. The number of fused-ring (bicyclic) bond motifs is 1. The molecule has 1 unspecified atom stereocenters. The van der Waals surface area contributed by atoms with Gasteiger partial charge in [-0.2, -0.15) is 0 Å². The van der Waals surface area contributed by atoms with Crippen LogP contribution in [0.3, 0.4) is 0 Å². The summed E-state index contributed by atoms with van der Waals surface area (Å²) < 4.78 is 16.5. The van der Waals surface area contributed by atoms with Gasteiger partial charge in [-0.3, -0.25) is 4.79 Å². The van der Waals surface area contributed by atoms with E-state index in [0.29, 0.717) is 31.3 Å². The van der Waals surface area contributed by atoms with Crippen molar-refractivity contribution >= 4 is 11.7 Å². The maximum absolute atomic E-state index is 12.4. The van der Waals surface area contributed by atoms with Crippen molar-refractivity contribution in [1.29, 1.82) is 0 Å². The molecule has 0 spiro atoms. The van der Waals surface area contributed by atoms with Gasteiger partial charge in [-0.25, -0.2) is 0 Å². The van der Waals surface area contributed by atoms with Crippen molar-refractivity contribution in [1.82, 2.24) is 5.16 Å². The lowest BCUT2D eigenvalue weighted by atomic mass is 10.0. The minimum Gasteiger partial charge on any atom is -0.490 e. The quantitative estimate of drug-likeness (QED) is 0.866. The lowest BCUT2D eigenvalue weighted by Gasteiger charge is -2.22. The molecule has 7 heteroatoms. The lowest BCUT2D eigenvalue weighted by Crippen LogP contribution is -3.11. The molecule has 7 nitrogen and oxygen atoms in total. The summed E-state index contributed by atoms with van der Waals surface area (Å²) in [6.07, 6.45) is 3.06. The fourth-order valence-corrected chi connectivity index (χ4v) is 3.74. The molecule has 2 aliphatic rings. The number of carbonyl (C=O) groups excluding carboxylic acids is 1. The van der Waals surface area contributed by atoms with Crippen molar-refractivity contribution < 1.29 is 23.7 Å². The molecule has 2 atom stereocenters. The molecule has 0 aliphatic carbocycles. The number of ether oxygens (including phenoxy) is 2. The van der Waals surface area contributed by atoms with Crippen LogP contribution < -0.4 is 19.7 Å². The minimum atomic E-state index is -0.0467. The van der Waals surface area contributed by atoms with Gasteiger partial charge in [0.15, 0.2) is 23.9 Å². The SMILES string of the molecule is Cc1cc(NC(=O)C[NH+]2CCC[C@@H]2c2ccc3c(c2)OCCCO3)no1. The number of hydrogen-bond donors (Lipinski definition) is 2. The minimum absolute atomic E-state index is 0.0467. The Balaban J connectivity index is 1.44. The van der Waals surface area contributed by atoms with E-state index in [0.717, 1.165) is 37.3 Å². The van der Waals surface area contributed by atoms with E-state index in [2.05, 4.69) is 22.6 Å². The van der Waals surface area contributed by atoms with Crippen molar-refractivity contribution in [2.75, 3.05) is 31.6 Å². The molecule has 138 valence electrons. The third-order valence-electron chi connectivity index (χ3n) is 4.94. The average molecular weight is 358 g/mol. The Labute approximate surface area is 152 Å². The fraction of sp³-hybridized carbons (Fsp3) is 0.474. The molecule has 3 heterocycles. The van der Waals surface area contributed by atoms with Crippen molar-refractivity contribution in [2.24, 2.45) is 0 Å². The summed E-state index contributed by atoms with van der Waals surface area (Å²) in [7, 11) is 0. The predicted octanol–water partition coefficient (Wildman–Crippen LogP) is 1.50. The molecule has 1 aromatic heterocycles. The highest BCUT2D eigenvalue weighted by molar-refractivity contribution is 5.90. The van der Waals surface area contributed by atoms with Crippen LogP contribution in [-0.4, -0.2) is 37.4 Å². The Kier molecular flexibility index (Phi) is 4.79. The molecule has 2 N–H and O–H groups in total. The number of likely N-dealkylation sites (tertiary alicyclic amines) is 1. The van der Waals surface area contributed by atoms with Gasteiger partial charge in [0.2, 0.25) is 0 Å². The zero-order valence-corrected chi connectivity index (χ0v) is 14.9. The Morgan fingerprint density at radius 3 is 2.88 bits per heavy atom. The van der Waals surface area contributed by atoms with E-state index in [4.69, 9.17) is 14.0 Å². The van der Waals surface area contributed by atoms with Crippen LogP contribution in [0, 0.1) is 6.92 Å². The average Bonchev–Trinajstić information content (AvgIpc) is 3.17. The third kappa shape index (κ3) is 3.67. The number of aromatic nitrogens is 1. The Hall–Kier alpha value is -2.54. The molecule has 2 aliphatic heterocycles. The highest BCUT2D eigenvalue weighted by Gasteiger charge is 2.32. The number of nitrogens with zero attached hydrogens (tertiary/aromatic N) is 1. The molecule has 26 heavy (non-hydrogen) atoms. The first-order chi connectivity index (χ1) is 12.7. The van der Waals surface area contributed by atoms with E-state index in [-0.39, 0.29) is 11.9 Å². The molecule has 2 aromatic rings. The second-order valence-electron chi connectivity index (χ2n) is 6.91. The van der Waals surface area contributed by atoms with E-state index >= 15 is 0 Å². The van der Waals surface area contributed by atoms with Gasteiger partial charge >= 0.3 is 0 Å². The van der Waals surface area contributed by atoms with Crippen LogP contribution in [-0.2, 0) is 4.79 Å². The van der Waals surface area contributed by atoms with Crippen LogP contribution in [0.15, 0.2) is 28.8 Å². The highest BCUT2D eigenvalue weighted by Crippen LogP contribution is 2.33. The third-order valence-corrected chi connectivity index (χ3v) is 4.94. The highest BCUT2D eigenvalue weighted by atomic mass is 16.5. The number of nitrogens with one attached hydrogen (secondary N) is 2. The largest absolute Gasteiger partial charge is 0.490 e. The number of amides is 1. The van der Waals surface area contributed by atoms with Crippen LogP contribution in [0.1, 0.15) is 36.6 Å². The van der Waals surface area contributed by atoms with Gasteiger partial charge in [-0.1, -0.05) is 5.16 Å². The Morgan fingerprint density at radius 2 is 2.08 bits per heavy atom. The van der Waals surface area contributed by atoms with E-state index in [1.807, 2.05) is 6.07 Å². The smallest absolute Gasteiger partial charge is 0.280 e. The number of rotatable bonds is 4. The van der Waals surface area contributed by atoms with Crippen LogP contribution in [0.25, 0.3) is 0 Å². The topological polar surface area (TPSA) is 78.0 Å². The molecule has 1 fully saturated rings. The van der Waals surface area contributed by atoms with Crippen molar-refractivity contribution in [3.05, 3.63) is 35.6 Å². The number of benzene rings is 1. The second-order valence-corrected chi connectivity index (χ2v) is 6.91. The fourth-order valence-electron chi connectivity index (χ4n) is 3.74. The standard InChI is InChI=1S/C19H23N3O4/c1-13-10-18(21-26-13)20-19(23)12-22-7-2-4-15(22)14-5-6-16-17(11-14)25-9-3-8-24-16/h5-6,10-11,15H,2-4,7-9,12H2,1H3,(H,20,21,23)/p+1/t15-/m1/s1. The number of hydrogen-bond acceptors (Lipinski definition) is 5. The monoisotopic (exact) mass is 358 g/mol. The van der Waals surface area contributed by atoms with Gasteiger partial charge in [0, 0.05) is 30.9 Å². The molecule has 1 saturated heterocycles. The Morgan fingerprint density at radius 1 is 1.23 bits per heavy atom. The van der Waals surface area contributed by atoms with Gasteiger partial charge in [0.1, 0.15) is 11.8 Å². The van der Waals surface area contributed by atoms with Crippen LogP contribution in [0.2, 0.25) is 0 Å². The lowest BCUT2D eigenvalue weighted by molar-refractivity contribution is -0.910. The zero-order valence-electron chi connectivity index (χ0n) is 14.9. The maximum atomic E-state index is 12.4. The first-order valence-electron chi connectivity index (χ1n) is 9.16. The maximum Gasteiger partial charge on any atom is 0.280 e. The van der Waals surface area contributed by atoms with Crippen LogP contribution in [0.5, 0.6) is 11.5 Å². The molecular weight excluding hydrogens is 334 g/mol. The predicted molar refractivity (Wildman–Crippen MR) is 94.6 cm³/mol. The van der Waals surface area contributed by atoms with Crippen LogP contribution >= 0.6 is 0 Å². The van der Waals surface area contributed by atoms with E-state index < -0.39 is 0 Å². The van der Waals surface area contributed by atoms with Crippen molar-refractivity contribution in [3.8, 4) is 11.5 Å². The molecule has 4 rings (SSSR count). The summed E-state index contributed by atoms with van der Waals surface area (Å²) in [4.78, 5) is 13.6. The molecule has 1 aromatic carbocycles. The van der Waals surface area contributed by atoms with Gasteiger partial charge in [-0.15, -0.1) is 0 Å². The first kappa shape index (κ1) is 16.9. The van der Waals surface area contributed by atoms with Gasteiger partial charge < -0.3 is 24.2 Å². The number of quaternary nitrogens is 1. The van der Waals surface area contributed by atoms with Crippen molar-refractivity contribution in [2.45, 2.75) is 32.2 Å². The van der Waals surface area contributed by atoms with E-state index in [1.54, 1.807) is 13.0 Å². The summed E-state index contributed by atoms with van der Waals surface area (Å²) in [6, 6.07) is 8.18. The van der Waals surface area contributed by atoms with Crippen LogP contribution in [0.4, 0.5) is 5.82 Å². The molecular formula is C19H24N3O4+. The van der Waals surface area contributed by atoms with Gasteiger partial charge in [0.25, 0.3) is 5.91 Å². The van der Waals surface area contributed by atoms with E-state index in [1.165, 1.54) is 10.5 Å². The number of carbonyl (C=O) groups is 1. The normalized spacial score (nSPS) is 22.0. The summed E-state index contributed by atoms with van der Waals surface area (Å²) in [6.45, 7) is 4.55. The molecule has 0 bridgehead atoms. The summed E-state index contributed by atoms with van der Waals surface area (Å²) in [5.41, 5.74) is 1.20. The number of anilines is 1. The Bertz CT molecular complexity index is 789. The van der Waals surface area contributed by atoms with Gasteiger partial charge in [-0.05, 0) is 25.1 Å². The molecule has 0 saturated carbocycles. The molecule has 1 amide bonds.